The van der Waals surface area contributed by atoms with Crippen molar-refractivity contribution >= 4 is 61.6 Å². The second kappa shape index (κ2) is 8.42. The van der Waals surface area contributed by atoms with Gasteiger partial charge in [0.05, 0.1) is 41.8 Å². The monoisotopic (exact) mass is 484 g/mol. The van der Waals surface area contributed by atoms with Crippen LogP contribution >= 0.6 is 35.0 Å². The van der Waals surface area contributed by atoms with Gasteiger partial charge < -0.3 is 9.64 Å². The molecule has 0 aliphatic carbocycles. The maximum absolute atomic E-state index is 12.8. The first-order chi connectivity index (χ1) is 14.3. The van der Waals surface area contributed by atoms with Gasteiger partial charge in [-0.2, -0.15) is 4.99 Å². The van der Waals surface area contributed by atoms with Crippen molar-refractivity contribution in [1.29, 1.82) is 0 Å². The molecule has 0 spiro atoms. The Morgan fingerprint density at radius 1 is 1.23 bits per heavy atom. The summed E-state index contributed by atoms with van der Waals surface area (Å²) in [7, 11) is -1.63. The summed E-state index contributed by atoms with van der Waals surface area (Å²) in [4.78, 5) is 18.8. The number of hydrogen-bond acceptors (Lipinski definition) is 5. The smallest absolute Gasteiger partial charge is 0.252 e. The molecule has 2 atom stereocenters. The average molecular weight is 485 g/mol. The number of aliphatic imine (C=N–C) groups is 1. The minimum absolute atomic E-state index is 0.0206. The fourth-order valence-corrected chi connectivity index (χ4v) is 7.97. The number of sulfone groups is 1. The molecule has 2 aliphatic heterocycles. The van der Waals surface area contributed by atoms with Crippen LogP contribution in [0.25, 0.3) is 0 Å². The van der Waals surface area contributed by atoms with Gasteiger partial charge in [0, 0.05) is 15.8 Å². The lowest BCUT2D eigenvalue weighted by Crippen LogP contribution is -2.38. The van der Waals surface area contributed by atoms with Gasteiger partial charge in [0.2, 0.25) is 0 Å². The third kappa shape index (κ3) is 4.32. The first-order valence-corrected chi connectivity index (χ1v) is 12.6. The van der Waals surface area contributed by atoms with Crippen LogP contribution in [0.4, 0.5) is 5.69 Å². The molecule has 158 valence electrons. The Labute approximate surface area is 189 Å². The Morgan fingerprint density at radius 3 is 2.77 bits per heavy atom. The molecule has 2 aromatic rings. The van der Waals surface area contributed by atoms with Gasteiger partial charge in [-0.3, -0.25) is 4.79 Å². The van der Waals surface area contributed by atoms with Crippen LogP contribution in [0.5, 0.6) is 5.75 Å². The van der Waals surface area contributed by atoms with Crippen molar-refractivity contribution < 1.29 is 17.9 Å². The SMILES string of the molecule is COc1ccccc1CC(=O)N=C1S[C@H]2CS(=O)(=O)C[C@H]2N1c1cc(Cl)ccc1Cl. The number of hydrogen-bond donors (Lipinski definition) is 0. The summed E-state index contributed by atoms with van der Waals surface area (Å²) in [5.74, 6) is 0.278. The summed E-state index contributed by atoms with van der Waals surface area (Å²) in [6.07, 6.45) is 0.0683. The number of amidine groups is 1. The quantitative estimate of drug-likeness (QED) is 0.655. The van der Waals surface area contributed by atoms with E-state index < -0.39 is 9.84 Å². The molecule has 0 bridgehead atoms. The Balaban J connectivity index is 1.69. The standard InChI is InChI=1S/C20H18Cl2N2O4S2/c1-28-17-5-3-2-4-12(17)8-19(25)23-20-24(15-9-13(21)6-7-14(15)22)16-10-30(26,27)11-18(16)29-20/h2-7,9,16,18H,8,10-11H2,1H3/t16-,18+/m1/s1. The van der Waals surface area contributed by atoms with Gasteiger partial charge in [0.25, 0.3) is 5.91 Å². The number of amides is 1. The van der Waals surface area contributed by atoms with E-state index >= 15 is 0 Å². The van der Waals surface area contributed by atoms with Gasteiger partial charge >= 0.3 is 0 Å². The van der Waals surface area contributed by atoms with E-state index in [1.165, 1.54) is 11.8 Å². The highest BCUT2D eigenvalue weighted by atomic mass is 35.5. The normalized spacial score (nSPS) is 23.6. The molecule has 2 fully saturated rings. The summed E-state index contributed by atoms with van der Waals surface area (Å²) in [6, 6.07) is 11.9. The van der Waals surface area contributed by atoms with Gasteiger partial charge in [-0.25, -0.2) is 8.42 Å². The van der Waals surface area contributed by atoms with Crippen molar-refractivity contribution in [3.63, 3.8) is 0 Å². The van der Waals surface area contributed by atoms with Crippen LogP contribution in [-0.4, -0.2) is 49.4 Å². The highest BCUT2D eigenvalue weighted by molar-refractivity contribution is 8.16. The van der Waals surface area contributed by atoms with Gasteiger partial charge in [0.1, 0.15) is 5.75 Å². The molecule has 1 amide bonds. The molecular weight excluding hydrogens is 467 g/mol. The van der Waals surface area contributed by atoms with Crippen molar-refractivity contribution in [2.75, 3.05) is 23.5 Å². The fraction of sp³-hybridized carbons (Fsp3) is 0.300. The molecule has 2 heterocycles. The van der Waals surface area contributed by atoms with Crippen LogP contribution in [0.15, 0.2) is 47.5 Å². The molecule has 10 heteroatoms. The maximum atomic E-state index is 12.8. The average Bonchev–Trinajstić information content (AvgIpc) is 3.15. The number of halogens is 2. The van der Waals surface area contributed by atoms with E-state index in [1.54, 1.807) is 36.3 Å². The number of fused-ring (bicyclic) bond motifs is 1. The fourth-order valence-electron chi connectivity index (χ4n) is 3.67. The van der Waals surface area contributed by atoms with Crippen molar-refractivity contribution in [2.45, 2.75) is 17.7 Å². The summed E-state index contributed by atoms with van der Waals surface area (Å²) < 4.78 is 29.7. The molecule has 0 radical (unpaired) electrons. The largest absolute Gasteiger partial charge is 0.496 e. The lowest BCUT2D eigenvalue weighted by atomic mass is 10.1. The Hall–Kier alpha value is -1.74. The van der Waals surface area contributed by atoms with Crippen LogP contribution in [0.3, 0.4) is 0 Å². The molecule has 6 nitrogen and oxygen atoms in total. The maximum Gasteiger partial charge on any atom is 0.252 e. The predicted molar refractivity (Wildman–Crippen MR) is 122 cm³/mol. The number of anilines is 1. The number of para-hydroxylation sites is 1. The number of benzene rings is 2. The third-order valence-electron chi connectivity index (χ3n) is 4.99. The summed E-state index contributed by atoms with van der Waals surface area (Å²) in [5, 5.41) is 1.09. The Kier molecular flexibility index (Phi) is 6.03. The van der Waals surface area contributed by atoms with Crippen molar-refractivity contribution in [1.82, 2.24) is 0 Å². The molecule has 2 saturated heterocycles. The van der Waals surface area contributed by atoms with E-state index in [2.05, 4.69) is 4.99 Å². The van der Waals surface area contributed by atoms with E-state index in [4.69, 9.17) is 27.9 Å². The topological polar surface area (TPSA) is 76.0 Å². The third-order valence-corrected chi connectivity index (χ3v) is 8.75. The summed E-state index contributed by atoms with van der Waals surface area (Å²) >= 11 is 13.8. The van der Waals surface area contributed by atoms with Gasteiger partial charge in [-0.15, -0.1) is 0 Å². The van der Waals surface area contributed by atoms with Gasteiger partial charge in [-0.1, -0.05) is 53.2 Å². The van der Waals surface area contributed by atoms with Crippen molar-refractivity contribution in [3.8, 4) is 5.75 Å². The zero-order chi connectivity index (χ0) is 21.5. The van der Waals surface area contributed by atoms with E-state index in [-0.39, 0.29) is 35.1 Å². The van der Waals surface area contributed by atoms with E-state index in [0.717, 1.165) is 5.56 Å². The number of rotatable bonds is 4. The minimum atomic E-state index is -3.17. The second-order valence-corrected chi connectivity index (χ2v) is 11.2. The first kappa shape index (κ1) is 21.5. The first-order valence-electron chi connectivity index (χ1n) is 9.12. The van der Waals surface area contributed by atoms with Crippen LogP contribution < -0.4 is 9.64 Å². The van der Waals surface area contributed by atoms with Gasteiger partial charge in [-0.05, 0) is 24.3 Å². The molecule has 0 N–H and O–H groups in total. The van der Waals surface area contributed by atoms with Crippen LogP contribution in [0.1, 0.15) is 5.56 Å². The van der Waals surface area contributed by atoms with E-state index in [9.17, 15) is 13.2 Å². The molecule has 2 aromatic carbocycles. The Bertz CT molecular complexity index is 1140. The lowest BCUT2D eigenvalue weighted by molar-refractivity contribution is -0.117. The number of nitrogens with zero attached hydrogens (tertiary/aromatic N) is 2. The number of carbonyl (C=O) groups is 1. The van der Waals surface area contributed by atoms with Crippen molar-refractivity contribution in [3.05, 3.63) is 58.1 Å². The van der Waals surface area contributed by atoms with E-state index in [0.29, 0.717) is 26.6 Å². The number of thioether (sulfide) groups is 1. The van der Waals surface area contributed by atoms with Crippen LogP contribution in [0.2, 0.25) is 10.0 Å². The molecule has 0 unspecified atom stereocenters. The zero-order valence-electron chi connectivity index (χ0n) is 15.9. The molecular formula is C20H18Cl2N2O4S2. The van der Waals surface area contributed by atoms with E-state index in [1.807, 2.05) is 18.2 Å². The highest BCUT2D eigenvalue weighted by Crippen LogP contribution is 2.43. The number of methoxy groups -OCH3 is 1. The van der Waals surface area contributed by atoms with Crippen molar-refractivity contribution in [2.24, 2.45) is 4.99 Å². The number of ether oxygens (including phenoxy) is 1. The van der Waals surface area contributed by atoms with Crippen LogP contribution in [0, 0.1) is 0 Å². The zero-order valence-corrected chi connectivity index (χ0v) is 19.1. The molecule has 0 saturated carbocycles. The Morgan fingerprint density at radius 2 is 2.00 bits per heavy atom. The minimum Gasteiger partial charge on any atom is -0.496 e. The summed E-state index contributed by atoms with van der Waals surface area (Å²) in [5.41, 5.74) is 1.28. The highest BCUT2D eigenvalue weighted by Gasteiger charge is 2.49. The summed E-state index contributed by atoms with van der Waals surface area (Å²) in [6.45, 7) is 0. The molecule has 4 rings (SSSR count). The van der Waals surface area contributed by atoms with Crippen LogP contribution in [-0.2, 0) is 21.1 Å². The molecule has 0 aromatic heterocycles. The number of carbonyl (C=O) groups excluding carboxylic acids is 1. The molecule has 30 heavy (non-hydrogen) atoms. The molecule has 2 aliphatic rings. The second-order valence-electron chi connectivity index (χ2n) is 7.04. The van der Waals surface area contributed by atoms with Gasteiger partial charge in [0.15, 0.2) is 15.0 Å². The lowest BCUT2D eigenvalue weighted by Gasteiger charge is -2.25. The predicted octanol–water partition coefficient (Wildman–Crippen LogP) is 3.85.